The second kappa shape index (κ2) is 9.22. The number of aromatic hydroxyl groups is 1. The summed E-state index contributed by atoms with van der Waals surface area (Å²) >= 11 is 0. The zero-order chi connectivity index (χ0) is 22.7. The van der Waals surface area contributed by atoms with Crippen LogP contribution < -0.4 is 4.74 Å². The fourth-order valence-corrected chi connectivity index (χ4v) is 4.08. The Kier molecular flexibility index (Phi) is 6.65. The van der Waals surface area contributed by atoms with E-state index >= 15 is 0 Å². The van der Waals surface area contributed by atoms with E-state index in [1.165, 1.54) is 24.1 Å². The molecule has 7 heteroatoms. The number of nitrogens with zero attached hydrogens (tertiary/aromatic N) is 1. The summed E-state index contributed by atoms with van der Waals surface area (Å²) in [5.74, 6) is -1.34. The number of rotatable bonds is 7. The number of benzene rings is 2. The molecule has 1 unspecified atom stereocenters. The van der Waals surface area contributed by atoms with Gasteiger partial charge >= 0.3 is 0 Å². The summed E-state index contributed by atoms with van der Waals surface area (Å²) in [5.41, 5.74) is 2.52. The summed E-state index contributed by atoms with van der Waals surface area (Å²) in [6.07, 6.45) is 0.520. The fraction of sp³-hybridized carbons (Fsp3) is 0.333. The molecule has 0 radical (unpaired) electrons. The Morgan fingerprint density at radius 2 is 1.87 bits per heavy atom. The Bertz CT molecular complexity index is 1040. The molecule has 7 nitrogen and oxygen atoms in total. The molecule has 164 valence electrons. The zero-order valence-corrected chi connectivity index (χ0v) is 18.1. The number of phenols is 1. The Morgan fingerprint density at radius 3 is 2.52 bits per heavy atom. The lowest BCUT2D eigenvalue weighted by molar-refractivity contribution is -0.140. The van der Waals surface area contributed by atoms with Crippen molar-refractivity contribution in [1.82, 2.24) is 4.90 Å². The van der Waals surface area contributed by atoms with Gasteiger partial charge in [-0.3, -0.25) is 9.59 Å². The van der Waals surface area contributed by atoms with Crippen molar-refractivity contribution in [2.75, 3.05) is 27.4 Å². The highest BCUT2D eigenvalue weighted by atomic mass is 16.5. The van der Waals surface area contributed by atoms with Gasteiger partial charge in [-0.05, 0) is 55.2 Å². The average molecular weight is 425 g/mol. The lowest BCUT2D eigenvalue weighted by atomic mass is 9.93. The quantitative estimate of drug-likeness (QED) is 0.305. The highest BCUT2D eigenvalue weighted by Crippen LogP contribution is 2.42. The minimum absolute atomic E-state index is 0.00367. The van der Waals surface area contributed by atoms with Gasteiger partial charge in [-0.25, -0.2) is 0 Å². The molecule has 0 bridgehead atoms. The zero-order valence-electron chi connectivity index (χ0n) is 18.1. The molecule has 1 aliphatic heterocycles. The summed E-state index contributed by atoms with van der Waals surface area (Å²) in [6.45, 7) is 4.40. The van der Waals surface area contributed by atoms with Gasteiger partial charge in [-0.2, -0.15) is 0 Å². The first-order valence-electron chi connectivity index (χ1n) is 10.0. The number of phenolic OH excluding ortho intramolecular Hbond substituents is 1. The van der Waals surface area contributed by atoms with Gasteiger partial charge in [0.05, 0.1) is 24.3 Å². The highest BCUT2D eigenvalue weighted by Gasteiger charge is 2.46. The first-order chi connectivity index (χ1) is 14.8. The molecular weight excluding hydrogens is 398 g/mol. The monoisotopic (exact) mass is 425 g/mol. The second-order valence-electron chi connectivity index (χ2n) is 7.60. The van der Waals surface area contributed by atoms with Crippen LogP contribution in [-0.4, -0.2) is 54.2 Å². The van der Waals surface area contributed by atoms with Crippen LogP contribution in [0.25, 0.3) is 5.76 Å². The van der Waals surface area contributed by atoms with Gasteiger partial charge in [0.25, 0.3) is 11.7 Å². The molecule has 2 aromatic rings. The number of aliphatic hydroxyl groups is 1. The van der Waals surface area contributed by atoms with Crippen LogP contribution in [0.3, 0.4) is 0 Å². The normalized spacial score (nSPS) is 17.9. The summed E-state index contributed by atoms with van der Waals surface area (Å²) in [4.78, 5) is 27.4. The van der Waals surface area contributed by atoms with E-state index in [1.807, 2.05) is 19.9 Å². The Morgan fingerprint density at radius 1 is 1.13 bits per heavy atom. The molecule has 1 heterocycles. The number of amides is 1. The number of ketones is 1. The summed E-state index contributed by atoms with van der Waals surface area (Å²) in [6, 6.07) is 9.14. The molecule has 0 aliphatic carbocycles. The molecule has 0 aromatic heterocycles. The molecule has 1 saturated heterocycles. The maximum Gasteiger partial charge on any atom is 0.295 e. The largest absolute Gasteiger partial charge is 0.508 e. The molecule has 0 spiro atoms. The van der Waals surface area contributed by atoms with Crippen LogP contribution >= 0.6 is 0 Å². The van der Waals surface area contributed by atoms with Crippen LogP contribution in [0.2, 0.25) is 0 Å². The molecule has 1 atom stereocenters. The van der Waals surface area contributed by atoms with E-state index in [0.717, 1.165) is 11.1 Å². The van der Waals surface area contributed by atoms with Gasteiger partial charge in [-0.15, -0.1) is 0 Å². The maximum atomic E-state index is 13.1. The first kappa shape index (κ1) is 22.4. The predicted octanol–water partition coefficient (Wildman–Crippen LogP) is 3.48. The van der Waals surface area contributed by atoms with Crippen molar-refractivity contribution in [3.8, 4) is 11.5 Å². The third-order valence-electron chi connectivity index (χ3n) is 5.35. The van der Waals surface area contributed by atoms with Gasteiger partial charge < -0.3 is 24.6 Å². The van der Waals surface area contributed by atoms with Crippen molar-refractivity contribution in [2.24, 2.45) is 0 Å². The van der Waals surface area contributed by atoms with Gasteiger partial charge in [0.1, 0.15) is 17.3 Å². The number of hydrogen-bond acceptors (Lipinski definition) is 6. The van der Waals surface area contributed by atoms with Crippen molar-refractivity contribution in [2.45, 2.75) is 26.3 Å². The third kappa shape index (κ3) is 4.27. The lowest BCUT2D eigenvalue weighted by Crippen LogP contribution is -2.31. The second-order valence-corrected chi connectivity index (χ2v) is 7.60. The molecule has 3 rings (SSSR count). The molecule has 2 aromatic carbocycles. The molecule has 1 fully saturated rings. The third-order valence-corrected chi connectivity index (χ3v) is 5.35. The van der Waals surface area contributed by atoms with E-state index < -0.39 is 17.7 Å². The summed E-state index contributed by atoms with van der Waals surface area (Å²) < 4.78 is 10.6. The minimum Gasteiger partial charge on any atom is -0.508 e. The van der Waals surface area contributed by atoms with Crippen molar-refractivity contribution in [3.63, 3.8) is 0 Å². The Labute approximate surface area is 181 Å². The number of carbonyl (C=O) groups is 2. The molecule has 31 heavy (non-hydrogen) atoms. The summed E-state index contributed by atoms with van der Waals surface area (Å²) in [7, 11) is 3.05. The van der Waals surface area contributed by atoms with Crippen LogP contribution in [0.4, 0.5) is 0 Å². The molecule has 1 aliphatic rings. The first-order valence-corrected chi connectivity index (χ1v) is 10.0. The average Bonchev–Trinajstić information content (AvgIpc) is 2.98. The summed E-state index contributed by atoms with van der Waals surface area (Å²) in [5, 5.41) is 21.3. The van der Waals surface area contributed by atoms with E-state index in [9.17, 15) is 19.8 Å². The van der Waals surface area contributed by atoms with Gasteiger partial charge in [0.15, 0.2) is 0 Å². The Balaban J connectivity index is 2.23. The van der Waals surface area contributed by atoms with Crippen molar-refractivity contribution >= 4 is 17.4 Å². The molecule has 2 N–H and O–H groups in total. The van der Waals surface area contributed by atoms with Crippen molar-refractivity contribution < 1.29 is 29.3 Å². The number of hydrogen-bond donors (Lipinski definition) is 2. The van der Waals surface area contributed by atoms with Gasteiger partial charge in [0, 0.05) is 20.3 Å². The maximum absolute atomic E-state index is 13.1. The van der Waals surface area contributed by atoms with E-state index in [0.29, 0.717) is 29.9 Å². The van der Waals surface area contributed by atoms with Gasteiger partial charge in [0.2, 0.25) is 0 Å². The smallest absolute Gasteiger partial charge is 0.295 e. The number of likely N-dealkylation sites (tertiary alicyclic amines) is 1. The topological polar surface area (TPSA) is 96.3 Å². The minimum atomic E-state index is -0.838. The number of Topliss-reactive ketones (excluding diaryl/α,β-unsaturated/α-hetero) is 1. The number of ether oxygens (including phenoxy) is 2. The number of methoxy groups -OCH3 is 2. The lowest BCUT2D eigenvalue weighted by Gasteiger charge is -2.25. The van der Waals surface area contributed by atoms with E-state index in [-0.39, 0.29) is 23.6 Å². The van der Waals surface area contributed by atoms with E-state index in [1.54, 1.807) is 25.3 Å². The SMILES string of the molecule is COCCCN1C(=O)C(=O)/C(=C(/O)c2cc(C)cc(C)c2OC)C1c1cccc(O)c1. The van der Waals surface area contributed by atoms with E-state index in [2.05, 4.69) is 0 Å². The number of aliphatic hydroxyl groups excluding tert-OH is 1. The van der Waals surface area contributed by atoms with Gasteiger partial charge in [-0.1, -0.05) is 18.2 Å². The predicted molar refractivity (Wildman–Crippen MR) is 116 cm³/mol. The van der Waals surface area contributed by atoms with Crippen molar-refractivity contribution in [3.05, 3.63) is 64.2 Å². The van der Waals surface area contributed by atoms with Crippen LogP contribution in [0.1, 0.15) is 34.7 Å². The van der Waals surface area contributed by atoms with Crippen LogP contribution in [0.15, 0.2) is 42.0 Å². The fourth-order valence-electron chi connectivity index (χ4n) is 4.08. The number of carbonyl (C=O) groups excluding carboxylic acids is 2. The molecular formula is C24H27NO6. The standard InChI is InChI=1S/C24H27NO6/c1-14-11-15(2)23(31-4)18(12-14)21(27)19-20(16-7-5-8-17(26)13-16)25(9-6-10-30-3)24(29)22(19)28/h5,7-8,11-13,20,26-27H,6,9-10H2,1-4H3/b21-19+. The van der Waals surface area contributed by atoms with Crippen LogP contribution in [0.5, 0.6) is 11.5 Å². The van der Waals surface area contributed by atoms with E-state index in [4.69, 9.17) is 9.47 Å². The van der Waals surface area contributed by atoms with Crippen LogP contribution in [0, 0.1) is 13.8 Å². The van der Waals surface area contributed by atoms with Crippen LogP contribution in [-0.2, 0) is 14.3 Å². The number of aryl methyl sites for hydroxylation is 2. The Hall–Kier alpha value is -3.32. The molecule has 0 saturated carbocycles. The van der Waals surface area contributed by atoms with Crippen molar-refractivity contribution in [1.29, 1.82) is 0 Å². The highest BCUT2D eigenvalue weighted by molar-refractivity contribution is 6.46. The molecule has 1 amide bonds.